The van der Waals surface area contributed by atoms with Crippen molar-refractivity contribution in [3.63, 3.8) is 0 Å². The van der Waals surface area contributed by atoms with E-state index in [1.54, 1.807) is 7.11 Å². The summed E-state index contributed by atoms with van der Waals surface area (Å²) in [5.41, 5.74) is 2.81. The summed E-state index contributed by atoms with van der Waals surface area (Å²) < 4.78 is 15.7. The van der Waals surface area contributed by atoms with Crippen LogP contribution in [-0.2, 0) is 34.6 Å². The van der Waals surface area contributed by atoms with Crippen molar-refractivity contribution in [3.05, 3.63) is 99.4 Å². The van der Waals surface area contributed by atoms with E-state index in [-0.39, 0.29) is 30.1 Å². The van der Waals surface area contributed by atoms with Crippen molar-refractivity contribution < 1.29 is 19.4 Å². The molecule has 1 spiro atoms. The van der Waals surface area contributed by atoms with Gasteiger partial charge in [-0.05, 0) is 70.4 Å². The Hall–Kier alpha value is -3.06. The number of halogens is 1. The molecule has 0 bridgehead atoms. The predicted octanol–water partition coefficient (Wildman–Crippen LogP) is 5.28. The number of nitrogens with zero attached hydrogens (tertiary/aromatic N) is 4. The number of rotatable bonds is 10. The van der Waals surface area contributed by atoms with Gasteiger partial charge in [0.15, 0.2) is 5.60 Å². The number of hydrogen-bond donors (Lipinski definition) is 1. The van der Waals surface area contributed by atoms with Crippen molar-refractivity contribution in [1.29, 1.82) is 0 Å². The Morgan fingerprint density at radius 2 is 1.80 bits per heavy atom. The topological polar surface area (TPSA) is 89.7 Å². The molecule has 230 valence electrons. The lowest BCUT2D eigenvalue weighted by Gasteiger charge is -2.37. The first kappa shape index (κ1) is 30.9. The number of amides is 1. The number of hydrogen-bond acceptors (Lipinski definition) is 6. The average Bonchev–Trinajstić information content (AvgIpc) is 3.67. The Labute approximate surface area is 273 Å². The number of fused-ring (bicyclic) bond motifs is 2. The average molecular weight is 723 g/mol. The Kier molecular flexibility index (Phi) is 8.71. The zero-order valence-corrected chi connectivity index (χ0v) is 28.8. The molecule has 2 aliphatic heterocycles. The monoisotopic (exact) mass is 722 g/mol. The SMILES string of the molecule is COc1ccc([Si](C)(C)[C@H]2[C@H](CCn3cc(CCO)nn3)O[C@@]3(C(=O)N(Cc4ccc(I)cc4)c4ccccc43)[C@@H]2C)cc1. The van der Waals surface area contributed by atoms with Gasteiger partial charge >= 0.3 is 0 Å². The Morgan fingerprint density at radius 3 is 2.50 bits per heavy atom. The van der Waals surface area contributed by atoms with Crippen LogP contribution in [0.4, 0.5) is 5.69 Å². The second-order valence-corrected chi connectivity index (χ2v) is 18.4. The summed E-state index contributed by atoms with van der Waals surface area (Å²) >= 11 is 2.31. The standard InChI is InChI=1S/C34H39IN4O4Si/c1-23-32(44(3,4)28-15-13-27(42-2)14-16-28)31(17-19-38-22-26(18-20-40)36-37-38)43-34(23)29-7-5-6-8-30(29)39(33(34)41)21-24-9-11-25(35)12-10-24/h5-16,22-23,31-32,40H,17-21H2,1-4H3/t23-,31+,32-,34+/m1/s1. The first-order chi connectivity index (χ1) is 21.2. The van der Waals surface area contributed by atoms with Gasteiger partial charge in [0.1, 0.15) is 5.75 Å². The number of para-hydroxylation sites is 1. The second kappa shape index (κ2) is 12.4. The van der Waals surface area contributed by atoms with Gasteiger partial charge in [-0.2, -0.15) is 0 Å². The van der Waals surface area contributed by atoms with Crippen molar-refractivity contribution in [2.45, 2.75) is 63.2 Å². The van der Waals surface area contributed by atoms with Crippen LogP contribution in [0.25, 0.3) is 0 Å². The Morgan fingerprint density at radius 1 is 1.07 bits per heavy atom. The maximum Gasteiger partial charge on any atom is 0.264 e. The van der Waals surface area contributed by atoms with Gasteiger partial charge in [-0.15, -0.1) is 5.10 Å². The highest BCUT2D eigenvalue weighted by atomic mass is 127. The molecule has 2 aliphatic rings. The molecule has 1 fully saturated rings. The molecule has 1 amide bonds. The van der Waals surface area contributed by atoms with E-state index in [2.05, 4.69) is 101 Å². The smallest absolute Gasteiger partial charge is 0.264 e. The highest BCUT2D eigenvalue weighted by Gasteiger charge is 2.66. The zero-order valence-electron chi connectivity index (χ0n) is 25.6. The Balaban J connectivity index is 1.39. The fourth-order valence-electron chi connectivity index (χ4n) is 7.40. The first-order valence-electron chi connectivity index (χ1n) is 15.2. The van der Waals surface area contributed by atoms with Crippen molar-refractivity contribution in [2.75, 3.05) is 18.6 Å². The molecule has 1 N–H and O–H groups in total. The Bertz CT molecular complexity index is 1630. The molecule has 44 heavy (non-hydrogen) atoms. The molecule has 6 rings (SSSR count). The van der Waals surface area contributed by atoms with Gasteiger partial charge < -0.3 is 19.5 Å². The van der Waals surface area contributed by atoms with E-state index >= 15 is 0 Å². The van der Waals surface area contributed by atoms with E-state index in [0.717, 1.165) is 31.8 Å². The largest absolute Gasteiger partial charge is 0.497 e. The first-order valence-corrected chi connectivity index (χ1v) is 19.3. The molecular formula is C34H39IN4O4Si. The molecule has 1 saturated heterocycles. The molecule has 3 heterocycles. The lowest BCUT2D eigenvalue weighted by Crippen LogP contribution is -2.51. The molecule has 10 heteroatoms. The van der Waals surface area contributed by atoms with Gasteiger partial charge in [-0.3, -0.25) is 9.48 Å². The summed E-state index contributed by atoms with van der Waals surface area (Å²) in [7, 11) is -0.545. The maximum absolute atomic E-state index is 14.8. The van der Waals surface area contributed by atoms with Crippen molar-refractivity contribution in [2.24, 2.45) is 5.92 Å². The number of anilines is 1. The number of aryl methyl sites for hydroxylation is 1. The molecular weight excluding hydrogens is 683 g/mol. The van der Waals surface area contributed by atoms with Crippen molar-refractivity contribution in [1.82, 2.24) is 15.0 Å². The molecule has 4 atom stereocenters. The van der Waals surface area contributed by atoms with Crippen LogP contribution in [0.2, 0.25) is 18.6 Å². The van der Waals surface area contributed by atoms with Crippen molar-refractivity contribution in [3.8, 4) is 5.75 Å². The molecule has 8 nitrogen and oxygen atoms in total. The third-order valence-corrected chi connectivity index (χ3v) is 14.7. The third-order valence-electron chi connectivity index (χ3n) is 9.59. The highest BCUT2D eigenvalue weighted by Crippen LogP contribution is 2.60. The predicted molar refractivity (Wildman–Crippen MR) is 182 cm³/mol. The zero-order chi connectivity index (χ0) is 31.1. The minimum absolute atomic E-state index is 0.0165. The normalized spacial score (nSPS) is 23.0. The van der Waals surface area contributed by atoms with Gasteiger partial charge in [0.25, 0.3) is 5.91 Å². The third kappa shape index (κ3) is 5.39. The molecule has 0 saturated carbocycles. The second-order valence-electron chi connectivity index (χ2n) is 12.4. The van der Waals surface area contributed by atoms with Gasteiger partial charge in [0, 0.05) is 40.8 Å². The lowest BCUT2D eigenvalue weighted by molar-refractivity contribution is -0.146. The van der Waals surface area contributed by atoms with Crippen LogP contribution >= 0.6 is 22.6 Å². The number of aromatic nitrogens is 3. The van der Waals surface area contributed by atoms with E-state index in [4.69, 9.17) is 9.47 Å². The van der Waals surface area contributed by atoms with E-state index in [1.165, 1.54) is 5.19 Å². The maximum atomic E-state index is 14.8. The molecule has 0 unspecified atom stereocenters. The van der Waals surface area contributed by atoms with Crippen LogP contribution in [-0.4, -0.2) is 53.9 Å². The number of aliphatic hydroxyl groups excluding tert-OH is 1. The van der Waals surface area contributed by atoms with Crippen LogP contribution in [0.1, 0.15) is 30.2 Å². The number of benzene rings is 3. The molecule has 3 aromatic carbocycles. The fraction of sp³-hybridized carbons (Fsp3) is 0.382. The van der Waals surface area contributed by atoms with E-state index < -0.39 is 13.7 Å². The molecule has 4 aromatic rings. The van der Waals surface area contributed by atoms with Crippen LogP contribution < -0.4 is 14.8 Å². The number of ether oxygens (including phenoxy) is 2. The van der Waals surface area contributed by atoms with Crippen LogP contribution in [0.3, 0.4) is 0 Å². The number of carbonyl (C=O) groups excluding carboxylic acids is 1. The minimum atomic E-state index is -2.23. The summed E-state index contributed by atoms with van der Waals surface area (Å²) in [6, 6.07) is 24.9. The number of aliphatic hydroxyl groups is 1. The van der Waals surface area contributed by atoms with Gasteiger partial charge in [0.05, 0.1) is 39.2 Å². The summed E-state index contributed by atoms with van der Waals surface area (Å²) in [5.74, 6) is 0.786. The highest BCUT2D eigenvalue weighted by molar-refractivity contribution is 14.1. The van der Waals surface area contributed by atoms with E-state index in [1.807, 2.05) is 40.0 Å². The summed E-state index contributed by atoms with van der Waals surface area (Å²) in [6.45, 7) is 8.16. The molecule has 0 radical (unpaired) electrons. The quantitative estimate of drug-likeness (QED) is 0.177. The number of carbonyl (C=O) groups is 1. The van der Waals surface area contributed by atoms with Gasteiger partial charge in [0.2, 0.25) is 0 Å². The van der Waals surface area contributed by atoms with Gasteiger partial charge in [-0.1, -0.05) is 72.9 Å². The molecule has 1 aromatic heterocycles. The lowest BCUT2D eigenvalue weighted by atomic mass is 9.82. The summed E-state index contributed by atoms with van der Waals surface area (Å²) in [6.07, 6.45) is 2.89. The molecule has 0 aliphatic carbocycles. The summed E-state index contributed by atoms with van der Waals surface area (Å²) in [5, 5.41) is 19.2. The number of methoxy groups -OCH3 is 1. The van der Waals surface area contributed by atoms with Crippen LogP contribution in [0, 0.1) is 9.49 Å². The van der Waals surface area contributed by atoms with Gasteiger partial charge in [-0.25, -0.2) is 0 Å². The minimum Gasteiger partial charge on any atom is -0.497 e. The van der Waals surface area contributed by atoms with Crippen LogP contribution in [0.5, 0.6) is 5.75 Å². The summed E-state index contributed by atoms with van der Waals surface area (Å²) in [4.78, 5) is 16.7. The van der Waals surface area contributed by atoms with Crippen molar-refractivity contribution >= 4 is 47.4 Å². The van der Waals surface area contributed by atoms with E-state index in [0.29, 0.717) is 25.9 Å². The van der Waals surface area contributed by atoms with Crippen LogP contribution in [0.15, 0.2) is 79.0 Å². The van der Waals surface area contributed by atoms with E-state index in [9.17, 15) is 9.90 Å². The fourth-order valence-corrected chi connectivity index (χ4v) is 11.8.